The van der Waals surface area contributed by atoms with E-state index in [1.807, 2.05) is 0 Å². The third-order valence-electron chi connectivity index (χ3n) is 9.22. The van der Waals surface area contributed by atoms with E-state index in [0.29, 0.717) is 13.0 Å². The number of ether oxygens (including phenoxy) is 2. The van der Waals surface area contributed by atoms with Crippen LogP contribution in [0.3, 0.4) is 0 Å². The second-order valence-corrected chi connectivity index (χ2v) is 15.7. The van der Waals surface area contributed by atoms with Crippen LogP contribution in [-0.4, -0.2) is 49.9 Å². The maximum absolute atomic E-state index is 12.4. The van der Waals surface area contributed by atoms with Crippen LogP contribution in [0, 0.1) is 0 Å². The van der Waals surface area contributed by atoms with E-state index < -0.39 is 13.9 Å². The first kappa shape index (κ1) is 49.2. The molecule has 0 amide bonds. The van der Waals surface area contributed by atoms with Crippen LogP contribution in [0.4, 0.5) is 0 Å². The molecule has 2 atom stereocenters. The van der Waals surface area contributed by atoms with Crippen LogP contribution in [0.25, 0.3) is 0 Å². The van der Waals surface area contributed by atoms with Crippen molar-refractivity contribution in [3.8, 4) is 0 Å². The second-order valence-electron chi connectivity index (χ2n) is 14.2. The van der Waals surface area contributed by atoms with E-state index >= 15 is 0 Å². The van der Waals surface area contributed by atoms with Gasteiger partial charge in [-0.15, -0.1) is 0 Å². The Morgan fingerprint density at radius 2 is 1.00 bits per heavy atom. The minimum Gasteiger partial charge on any atom is -0.463 e. The number of carbonyl (C=O) groups excluding carboxylic acids is 1. The molecule has 0 aliphatic heterocycles. The van der Waals surface area contributed by atoms with Crippen molar-refractivity contribution in [1.29, 1.82) is 0 Å². The first-order chi connectivity index (χ1) is 24.4. The Bertz CT molecular complexity index is 782. The molecule has 9 heteroatoms. The van der Waals surface area contributed by atoms with Gasteiger partial charge in [0.15, 0.2) is 0 Å². The van der Waals surface area contributed by atoms with Gasteiger partial charge in [0.05, 0.1) is 13.2 Å². The van der Waals surface area contributed by atoms with Crippen LogP contribution in [0.5, 0.6) is 0 Å². The molecule has 0 aromatic rings. The molecule has 298 valence electrons. The lowest BCUT2D eigenvalue weighted by molar-refractivity contribution is -0.149. The molecular formula is C41H82NO7P. The van der Waals surface area contributed by atoms with Crippen molar-refractivity contribution in [3.63, 3.8) is 0 Å². The second kappa shape index (κ2) is 39.4. The van der Waals surface area contributed by atoms with Crippen LogP contribution in [0.15, 0.2) is 12.2 Å². The molecule has 0 saturated carbocycles. The highest BCUT2D eigenvalue weighted by atomic mass is 31.2. The molecule has 8 nitrogen and oxygen atoms in total. The number of allylic oxidation sites excluding steroid dienone is 2. The molecule has 0 aromatic heterocycles. The van der Waals surface area contributed by atoms with E-state index in [4.69, 9.17) is 24.3 Å². The van der Waals surface area contributed by atoms with Gasteiger partial charge >= 0.3 is 13.8 Å². The SMILES string of the molecule is CCCCCCCC/C=C\CCCCCCCCOC(COC(=O)CCCCCCCCCCCCCCCCC)COP(=O)(O)OCCN. The lowest BCUT2D eigenvalue weighted by atomic mass is 10.0. The molecule has 0 heterocycles. The van der Waals surface area contributed by atoms with Crippen LogP contribution >= 0.6 is 7.82 Å². The van der Waals surface area contributed by atoms with E-state index in [9.17, 15) is 14.3 Å². The summed E-state index contributed by atoms with van der Waals surface area (Å²) in [7, 11) is -4.24. The highest BCUT2D eigenvalue weighted by Crippen LogP contribution is 2.43. The summed E-state index contributed by atoms with van der Waals surface area (Å²) in [5, 5.41) is 0. The third kappa shape index (κ3) is 38.5. The number of hydrogen-bond donors (Lipinski definition) is 2. The molecule has 0 rings (SSSR count). The molecule has 0 aromatic carbocycles. The molecule has 0 bridgehead atoms. The number of unbranched alkanes of at least 4 members (excludes halogenated alkanes) is 26. The van der Waals surface area contributed by atoms with Gasteiger partial charge in [-0.1, -0.05) is 174 Å². The summed E-state index contributed by atoms with van der Waals surface area (Å²) in [6, 6.07) is 0. The highest BCUT2D eigenvalue weighted by molar-refractivity contribution is 7.47. The van der Waals surface area contributed by atoms with Crippen molar-refractivity contribution in [1.82, 2.24) is 0 Å². The van der Waals surface area contributed by atoms with Crippen molar-refractivity contribution >= 4 is 13.8 Å². The van der Waals surface area contributed by atoms with E-state index in [-0.39, 0.29) is 32.3 Å². The number of phosphoric ester groups is 1. The van der Waals surface area contributed by atoms with Gasteiger partial charge in [-0.25, -0.2) is 4.57 Å². The Labute approximate surface area is 309 Å². The number of esters is 1. The summed E-state index contributed by atoms with van der Waals surface area (Å²) < 4.78 is 33.4. The third-order valence-corrected chi connectivity index (χ3v) is 10.2. The molecule has 3 N–H and O–H groups in total. The topological polar surface area (TPSA) is 117 Å². The minimum absolute atomic E-state index is 0.0131. The van der Waals surface area contributed by atoms with Crippen LogP contribution in [-0.2, 0) is 27.9 Å². The van der Waals surface area contributed by atoms with Crippen molar-refractivity contribution in [2.45, 2.75) is 213 Å². The number of carbonyl (C=O) groups is 1. The summed E-state index contributed by atoms with van der Waals surface area (Å²) in [4.78, 5) is 22.3. The molecule has 0 saturated heterocycles. The molecule has 0 radical (unpaired) electrons. The number of hydrogen-bond acceptors (Lipinski definition) is 7. The van der Waals surface area contributed by atoms with Crippen molar-refractivity contribution in [3.05, 3.63) is 12.2 Å². The predicted molar refractivity (Wildman–Crippen MR) is 210 cm³/mol. The smallest absolute Gasteiger partial charge is 0.463 e. The van der Waals surface area contributed by atoms with Crippen molar-refractivity contribution < 1.29 is 32.8 Å². The molecule has 0 aliphatic carbocycles. The summed E-state index contributed by atoms with van der Waals surface area (Å²) >= 11 is 0. The van der Waals surface area contributed by atoms with Crippen LogP contribution < -0.4 is 5.73 Å². The van der Waals surface area contributed by atoms with Gasteiger partial charge < -0.3 is 20.1 Å². The zero-order valence-corrected chi connectivity index (χ0v) is 33.8. The maximum Gasteiger partial charge on any atom is 0.472 e. The standard InChI is InChI=1S/C41H82NO7P/c1-3-5-7-9-11-13-15-17-19-21-23-25-27-29-31-33-36-46-40(39-49-50(44,45)48-37-35-42)38-47-41(43)34-32-30-28-26-24-22-20-18-16-14-12-10-8-6-4-2/h17,19,40H,3-16,18,20-39,42H2,1-2H3,(H,44,45)/b19-17-. The summed E-state index contributed by atoms with van der Waals surface area (Å²) in [5.41, 5.74) is 5.37. The molecular weight excluding hydrogens is 649 g/mol. The number of nitrogens with two attached hydrogens (primary N) is 1. The number of rotatable bonds is 41. The molecule has 50 heavy (non-hydrogen) atoms. The Kier molecular flexibility index (Phi) is 38.8. The maximum atomic E-state index is 12.4. The molecule has 2 unspecified atom stereocenters. The van der Waals surface area contributed by atoms with Crippen LogP contribution in [0.2, 0.25) is 0 Å². The summed E-state index contributed by atoms with van der Waals surface area (Å²) in [6.07, 6.45) is 40.9. The number of phosphoric acid groups is 1. The fraction of sp³-hybridized carbons (Fsp3) is 0.927. The van der Waals surface area contributed by atoms with Crippen molar-refractivity contribution in [2.75, 3.05) is 33.0 Å². The molecule has 0 aliphatic rings. The lowest BCUT2D eigenvalue weighted by Crippen LogP contribution is -2.27. The Hall–Kier alpha value is -0.760. The first-order valence-electron chi connectivity index (χ1n) is 21.2. The molecule has 0 fully saturated rings. The van der Waals surface area contributed by atoms with Gasteiger partial charge in [0.25, 0.3) is 0 Å². The van der Waals surface area contributed by atoms with Gasteiger partial charge in [0, 0.05) is 19.6 Å². The van der Waals surface area contributed by atoms with E-state index in [1.54, 1.807) is 0 Å². The van der Waals surface area contributed by atoms with Gasteiger partial charge in [0.1, 0.15) is 12.7 Å². The zero-order valence-electron chi connectivity index (χ0n) is 32.9. The van der Waals surface area contributed by atoms with E-state index in [0.717, 1.165) is 38.5 Å². The van der Waals surface area contributed by atoms with Gasteiger partial charge in [-0.05, 0) is 38.5 Å². The summed E-state index contributed by atoms with van der Waals surface area (Å²) in [6.45, 7) is 4.83. The minimum atomic E-state index is -4.24. The van der Waals surface area contributed by atoms with E-state index in [1.165, 1.54) is 148 Å². The Morgan fingerprint density at radius 1 is 0.580 bits per heavy atom. The average molecular weight is 732 g/mol. The largest absolute Gasteiger partial charge is 0.472 e. The Balaban J connectivity index is 4.02. The van der Waals surface area contributed by atoms with Gasteiger partial charge in [0.2, 0.25) is 0 Å². The Morgan fingerprint density at radius 3 is 1.46 bits per heavy atom. The quantitative estimate of drug-likeness (QED) is 0.0276. The molecule has 0 spiro atoms. The normalized spacial score (nSPS) is 13.6. The highest BCUT2D eigenvalue weighted by Gasteiger charge is 2.24. The lowest BCUT2D eigenvalue weighted by Gasteiger charge is -2.20. The summed E-state index contributed by atoms with van der Waals surface area (Å²) in [5.74, 6) is -0.267. The average Bonchev–Trinajstić information content (AvgIpc) is 3.11. The van der Waals surface area contributed by atoms with Gasteiger partial charge in [-0.2, -0.15) is 0 Å². The zero-order chi connectivity index (χ0) is 36.6. The van der Waals surface area contributed by atoms with Crippen molar-refractivity contribution in [2.24, 2.45) is 5.73 Å². The fourth-order valence-corrected chi connectivity index (χ4v) is 6.79. The van der Waals surface area contributed by atoms with Gasteiger partial charge in [-0.3, -0.25) is 13.8 Å². The monoisotopic (exact) mass is 732 g/mol. The van der Waals surface area contributed by atoms with Crippen LogP contribution in [0.1, 0.15) is 206 Å². The first-order valence-corrected chi connectivity index (χ1v) is 22.7. The predicted octanol–water partition coefficient (Wildman–Crippen LogP) is 12.3. The van der Waals surface area contributed by atoms with E-state index in [2.05, 4.69) is 26.0 Å². The fourth-order valence-electron chi connectivity index (χ4n) is 6.03.